The molecule has 1 aliphatic rings. The topological polar surface area (TPSA) is 69.5 Å². The van der Waals surface area contributed by atoms with Gasteiger partial charge in [-0.3, -0.25) is 9.67 Å². The Hall–Kier alpha value is -3.87. The first-order valence-corrected chi connectivity index (χ1v) is 11.5. The summed E-state index contributed by atoms with van der Waals surface area (Å²) in [5.41, 5.74) is 2.29. The van der Waals surface area contributed by atoms with Crippen molar-refractivity contribution in [2.45, 2.75) is 38.8 Å². The summed E-state index contributed by atoms with van der Waals surface area (Å²) in [7, 11) is 0. The van der Waals surface area contributed by atoms with Gasteiger partial charge < -0.3 is 14.4 Å². The molecule has 1 unspecified atom stereocenters. The van der Waals surface area contributed by atoms with Gasteiger partial charge in [-0.05, 0) is 69.7 Å². The first-order chi connectivity index (χ1) is 16.4. The molecular formula is C27H28N4O3. The third kappa shape index (κ3) is 4.59. The maximum absolute atomic E-state index is 12.5. The number of nitrogens with zero attached hydrogens (tertiary/aromatic N) is 4. The van der Waals surface area contributed by atoms with E-state index in [1.54, 1.807) is 11.1 Å². The number of hydrogen-bond donors (Lipinski definition) is 0. The molecule has 2 aromatic heterocycles. The number of carbonyl (C=O) groups is 1. The van der Waals surface area contributed by atoms with Gasteiger partial charge >= 0.3 is 6.09 Å². The summed E-state index contributed by atoms with van der Waals surface area (Å²) in [6.45, 7) is 6.85. The first-order valence-electron chi connectivity index (χ1n) is 11.5. The number of ether oxygens (including phenoxy) is 2. The Morgan fingerprint density at radius 3 is 2.47 bits per heavy atom. The van der Waals surface area contributed by atoms with Crippen molar-refractivity contribution in [3.63, 3.8) is 0 Å². The molecule has 0 radical (unpaired) electrons. The van der Waals surface area contributed by atoms with E-state index in [0.29, 0.717) is 13.1 Å². The monoisotopic (exact) mass is 456 g/mol. The van der Waals surface area contributed by atoms with Crippen molar-refractivity contribution in [2.24, 2.45) is 0 Å². The van der Waals surface area contributed by atoms with Crippen LogP contribution in [0.1, 0.15) is 33.2 Å². The van der Waals surface area contributed by atoms with Crippen LogP contribution in [0.5, 0.6) is 11.5 Å². The molecule has 0 N–H and O–H groups in total. The van der Waals surface area contributed by atoms with Gasteiger partial charge in [-0.15, -0.1) is 0 Å². The summed E-state index contributed by atoms with van der Waals surface area (Å²) in [5.74, 6) is 1.56. The average molecular weight is 457 g/mol. The van der Waals surface area contributed by atoms with E-state index in [2.05, 4.69) is 5.10 Å². The van der Waals surface area contributed by atoms with Crippen LogP contribution in [0.25, 0.3) is 22.2 Å². The highest BCUT2D eigenvalue weighted by molar-refractivity contribution is 5.91. The second-order valence-electron chi connectivity index (χ2n) is 9.49. The van der Waals surface area contributed by atoms with Crippen LogP contribution in [0.3, 0.4) is 0 Å². The lowest BCUT2D eigenvalue weighted by Crippen LogP contribution is -2.35. The molecule has 1 atom stereocenters. The minimum absolute atomic E-state index is 0.0636. The lowest BCUT2D eigenvalue weighted by molar-refractivity contribution is 0.0288. The van der Waals surface area contributed by atoms with Crippen LogP contribution >= 0.6 is 0 Å². The molecule has 4 aromatic rings. The second kappa shape index (κ2) is 8.82. The molecule has 0 bridgehead atoms. The summed E-state index contributed by atoms with van der Waals surface area (Å²) < 4.78 is 13.5. The van der Waals surface area contributed by atoms with Crippen molar-refractivity contribution in [2.75, 3.05) is 13.1 Å². The zero-order valence-electron chi connectivity index (χ0n) is 19.6. The number of aromatic nitrogens is 3. The van der Waals surface area contributed by atoms with Crippen LogP contribution in [0.4, 0.5) is 4.79 Å². The smallest absolute Gasteiger partial charge is 0.410 e. The highest BCUT2D eigenvalue weighted by Crippen LogP contribution is 2.33. The predicted molar refractivity (Wildman–Crippen MR) is 131 cm³/mol. The molecule has 3 heterocycles. The Balaban J connectivity index is 1.40. The van der Waals surface area contributed by atoms with Crippen LogP contribution < -0.4 is 4.74 Å². The quantitative estimate of drug-likeness (QED) is 0.373. The largest absolute Gasteiger partial charge is 0.457 e. The standard InChI is InChI=1S/C27H28N4O3/c1-27(2,3)34-26(32)30-16-14-21(18-30)31-25-20(17-29-31)13-15-28-24(25)19-9-11-23(12-10-19)33-22-7-5-4-6-8-22/h4-13,15,17,21H,14,16,18H2,1-3H3. The molecule has 1 fully saturated rings. The number of pyridine rings is 1. The van der Waals surface area contributed by atoms with Crippen LogP contribution in [-0.2, 0) is 4.74 Å². The number of para-hydroxylation sites is 1. The maximum Gasteiger partial charge on any atom is 0.410 e. The van der Waals surface area contributed by atoms with E-state index in [4.69, 9.17) is 14.5 Å². The minimum Gasteiger partial charge on any atom is -0.457 e. The van der Waals surface area contributed by atoms with E-state index in [1.165, 1.54) is 0 Å². The van der Waals surface area contributed by atoms with Gasteiger partial charge in [0.2, 0.25) is 0 Å². The molecule has 174 valence electrons. The van der Waals surface area contributed by atoms with Crippen LogP contribution in [-0.4, -0.2) is 44.4 Å². The number of likely N-dealkylation sites (tertiary alicyclic amines) is 1. The second-order valence-corrected chi connectivity index (χ2v) is 9.49. The number of carbonyl (C=O) groups excluding carboxylic acids is 1. The van der Waals surface area contributed by atoms with Crippen LogP contribution in [0.2, 0.25) is 0 Å². The zero-order valence-corrected chi connectivity index (χ0v) is 19.6. The van der Waals surface area contributed by atoms with Crippen LogP contribution in [0.15, 0.2) is 73.1 Å². The fourth-order valence-corrected chi connectivity index (χ4v) is 4.22. The number of amides is 1. The highest BCUT2D eigenvalue weighted by Gasteiger charge is 2.32. The molecule has 0 spiro atoms. The molecule has 2 aromatic carbocycles. The maximum atomic E-state index is 12.5. The normalized spacial score (nSPS) is 16.1. The van der Waals surface area contributed by atoms with Crippen LogP contribution in [0, 0.1) is 0 Å². The van der Waals surface area contributed by atoms with Crippen molar-refractivity contribution in [3.05, 3.63) is 73.1 Å². The number of fused-ring (bicyclic) bond motifs is 1. The molecular weight excluding hydrogens is 428 g/mol. The molecule has 1 aliphatic heterocycles. The van der Waals surface area contributed by atoms with Crippen molar-refractivity contribution >= 4 is 17.0 Å². The van der Waals surface area contributed by atoms with E-state index in [1.807, 2.05) is 92.3 Å². The van der Waals surface area contributed by atoms with E-state index in [9.17, 15) is 4.79 Å². The van der Waals surface area contributed by atoms with Crippen molar-refractivity contribution in [1.82, 2.24) is 19.7 Å². The third-order valence-corrected chi connectivity index (χ3v) is 5.77. The lowest BCUT2D eigenvalue weighted by Gasteiger charge is -2.24. The van der Waals surface area contributed by atoms with Gasteiger partial charge in [-0.2, -0.15) is 5.10 Å². The molecule has 7 heteroatoms. The Morgan fingerprint density at radius 1 is 1.00 bits per heavy atom. The Kier molecular flexibility index (Phi) is 5.69. The summed E-state index contributed by atoms with van der Waals surface area (Å²) in [5, 5.41) is 5.70. The molecule has 0 aliphatic carbocycles. The van der Waals surface area contributed by atoms with E-state index in [0.717, 1.165) is 40.1 Å². The van der Waals surface area contributed by atoms with Crippen molar-refractivity contribution < 1.29 is 14.3 Å². The lowest BCUT2D eigenvalue weighted by atomic mass is 10.1. The molecule has 5 rings (SSSR count). The Bertz CT molecular complexity index is 1290. The van der Waals surface area contributed by atoms with Crippen molar-refractivity contribution in [1.29, 1.82) is 0 Å². The highest BCUT2D eigenvalue weighted by atomic mass is 16.6. The average Bonchev–Trinajstić information content (AvgIpc) is 3.46. The minimum atomic E-state index is -0.513. The van der Waals surface area contributed by atoms with E-state index < -0.39 is 5.60 Å². The number of hydrogen-bond acceptors (Lipinski definition) is 5. The van der Waals surface area contributed by atoms with Crippen molar-refractivity contribution in [3.8, 4) is 22.8 Å². The van der Waals surface area contributed by atoms with Gasteiger partial charge in [-0.25, -0.2) is 4.79 Å². The summed E-state index contributed by atoms with van der Waals surface area (Å²) in [4.78, 5) is 19.0. The molecule has 1 saturated heterocycles. The zero-order chi connectivity index (χ0) is 23.7. The first kappa shape index (κ1) is 21.9. The molecule has 7 nitrogen and oxygen atoms in total. The SMILES string of the molecule is CC(C)(C)OC(=O)N1CCC(n2ncc3ccnc(-c4ccc(Oc5ccccc5)cc4)c32)C1. The van der Waals surface area contributed by atoms with Gasteiger partial charge in [0.05, 0.1) is 23.4 Å². The number of benzene rings is 2. The fraction of sp³-hybridized carbons (Fsp3) is 0.296. The summed E-state index contributed by atoms with van der Waals surface area (Å²) >= 11 is 0. The fourth-order valence-electron chi connectivity index (χ4n) is 4.22. The molecule has 1 amide bonds. The van der Waals surface area contributed by atoms with Gasteiger partial charge in [0.1, 0.15) is 17.1 Å². The molecule has 0 saturated carbocycles. The Labute approximate surface area is 198 Å². The van der Waals surface area contributed by atoms with Gasteiger partial charge in [0.25, 0.3) is 0 Å². The Morgan fingerprint density at radius 2 is 1.74 bits per heavy atom. The molecule has 34 heavy (non-hydrogen) atoms. The van der Waals surface area contributed by atoms with Gasteiger partial charge in [0, 0.05) is 30.2 Å². The number of rotatable bonds is 4. The summed E-state index contributed by atoms with van der Waals surface area (Å²) in [6.07, 6.45) is 4.20. The van der Waals surface area contributed by atoms with Gasteiger partial charge in [-0.1, -0.05) is 18.2 Å². The predicted octanol–water partition coefficient (Wildman–Crippen LogP) is 6.07. The van der Waals surface area contributed by atoms with E-state index in [-0.39, 0.29) is 12.1 Å². The van der Waals surface area contributed by atoms with Gasteiger partial charge in [0.15, 0.2) is 0 Å². The summed E-state index contributed by atoms with van der Waals surface area (Å²) in [6, 6.07) is 19.7. The third-order valence-electron chi connectivity index (χ3n) is 5.77. The van der Waals surface area contributed by atoms with E-state index >= 15 is 0 Å².